The number of aromatic nitrogens is 2. The smallest absolute Gasteiger partial charge is 0.220 e. The first-order chi connectivity index (χ1) is 12.7. The third-order valence-corrected chi connectivity index (χ3v) is 6.69. The van der Waals surface area contributed by atoms with Crippen molar-refractivity contribution in [3.05, 3.63) is 17.0 Å². The number of rotatable bonds is 9. The molecule has 1 aromatic heterocycles. The standard InChI is InChI=1S/C19H34N4O3S/c1-15(2)14-23-17(4)18(16(3)21-23)6-7-19(24)20-8-5-9-22-10-12-27(25,26)13-11-22/h15H,5-14H2,1-4H3,(H,20,24). The lowest BCUT2D eigenvalue weighted by molar-refractivity contribution is -0.121. The average Bonchev–Trinajstić information content (AvgIpc) is 2.84. The van der Waals surface area contributed by atoms with E-state index in [0.29, 0.717) is 38.4 Å². The predicted octanol–water partition coefficient (Wildman–Crippen LogP) is 1.33. The Bertz CT molecular complexity index is 726. The summed E-state index contributed by atoms with van der Waals surface area (Å²) in [6.07, 6.45) is 2.03. The van der Waals surface area contributed by atoms with Crippen molar-refractivity contribution in [2.24, 2.45) is 5.92 Å². The topological polar surface area (TPSA) is 84.3 Å². The van der Waals surface area contributed by atoms with E-state index in [1.165, 1.54) is 5.56 Å². The van der Waals surface area contributed by atoms with Crippen LogP contribution in [0.3, 0.4) is 0 Å². The molecule has 0 spiro atoms. The molecule has 0 saturated carbocycles. The zero-order chi connectivity index (χ0) is 20.0. The Morgan fingerprint density at radius 2 is 1.89 bits per heavy atom. The molecule has 8 heteroatoms. The molecule has 1 N–H and O–H groups in total. The number of hydrogen-bond acceptors (Lipinski definition) is 5. The predicted molar refractivity (Wildman–Crippen MR) is 108 cm³/mol. The maximum atomic E-state index is 12.1. The van der Waals surface area contributed by atoms with Gasteiger partial charge in [0.2, 0.25) is 5.91 Å². The molecule has 0 aromatic carbocycles. The molecular weight excluding hydrogens is 364 g/mol. The molecule has 1 aliphatic heterocycles. The van der Waals surface area contributed by atoms with Crippen molar-refractivity contribution in [3.8, 4) is 0 Å². The molecule has 0 unspecified atom stereocenters. The van der Waals surface area contributed by atoms with Gasteiger partial charge in [0.05, 0.1) is 17.2 Å². The van der Waals surface area contributed by atoms with E-state index in [1.807, 2.05) is 11.6 Å². The number of carbonyl (C=O) groups excluding carboxylic acids is 1. The molecule has 27 heavy (non-hydrogen) atoms. The molecule has 0 aliphatic carbocycles. The van der Waals surface area contributed by atoms with Gasteiger partial charge in [0.25, 0.3) is 0 Å². The van der Waals surface area contributed by atoms with E-state index in [1.54, 1.807) is 0 Å². The van der Waals surface area contributed by atoms with Gasteiger partial charge in [0.15, 0.2) is 9.84 Å². The summed E-state index contributed by atoms with van der Waals surface area (Å²) in [7, 11) is -2.82. The number of nitrogens with zero attached hydrogens (tertiary/aromatic N) is 3. The lowest BCUT2D eigenvalue weighted by Gasteiger charge is -2.26. The van der Waals surface area contributed by atoms with E-state index < -0.39 is 9.84 Å². The summed E-state index contributed by atoms with van der Waals surface area (Å²) in [5.74, 6) is 1.11. The van der Waals surface area contributed by atoms with Crippen LogP contribution in [0.1, 0.15) is 43.6 Å². The highest BCUT2D eigenvalue weighted by Gasteiger charge is 2.21. The van der Waals surface area contributed by atoms with E-state index in [4.69, 9.17) is 0 Å². The molecule has 1 aromatic rings. The fraction of sp³-hybridized carbons (Fsp3) is 0.789. The van der Waals surface area contributed by atoms with Gasteiger partial charge in [-0.1, -0.05) is 13.8 Å². The lowest BCUT2D eigenvalue weighted by Crippen LogP contribution is -2.41. The van der Waals surface area contributed by atoms with Crippen molar-refractivity contribution in [2.45, 2.75) is 53.5 Å². The molecule has 1 aliphatic rings. The monoisotopic (exact) mass is 398 g/mol. The summed E-state index contributed by atoms with van der Waals surface area (Å²) in [6.45, 7) is 12.0. The number of hydrogen-bond donors (Lipinski definition) is 1. The van der Waals surface area contributed by atoms with Crippen LogP contribution in [0.15, 0.2) is 0 Å². The van der Waals surface area contributed by atoms with E-state index in [2.05, 4.69) is 36.1 Å². The van der Waals surface area contributed by atoms with E-state index in [-0.39, 0.29) is 17.4 Å². The Hall–Kier alpha value is -1.41. The minimum absolute atomic E-state index is 0.0617. The molecular formula is C19H34N4O3S. The van der Waals surface area contributed by atoms with E-state index in [9.17, 15) is 13.2 Å². The van der Waals surface area contributed by atoms with Gasteiger partial charge in [-0.3, -0.25) is 9.48 Å². The average molecular weight is 399 g/mol. The Morgan fingerprint density at radius 3 is 2.52 bits per heavy atom. The summed E-state index contributed by atoms with van der Waals surface area (Å²) in [5.41, 5.74) is 3.36. The van der Waals surface area contributed by atoms with E-state index >= 15 is 0 Å². The highest BCUT2D eigenvalue weighted by Crippen LogP contribution is 2.16. The normalized spacial score (nSPS) is 17.4. The molecule has 0 atom stereocenters. The Labute approximate surface area is 163 Å². The van der Waals surface area contributed by atoms with Crippen molar-refractivity contribution in [3.63, 3.8) is 0 Å². The number of sulfone groups is 1. The number of carbonyl (C=O) groups is 1. The van der Waals surface area contributed by atoms with Crippen LogP contribution in [-0.4, -0.2) is 66.7 Å². The van der Waals surface area contributed by atoms with Gasteiger partial charge in [-0.25, -0.2) is 8.42 Å². The zero-order valence-electron chi connectivity index (χ0n) is 17.1. The Kier molecular flexibility index (Phi) is 7.85. The summed E-state index contributed by atoms with van der Waals surface area (Å²) in [4.78, 5) is 14.3. The third kappa shape index (κ3) is 6.92. The molecule has 0 bridgehead atoms. The van der Waals surface area contributed by atoms with Crippen molar-refractivity contribution in [1.29, 1.82) is 0 Å². The van der Waals surface area contributed by atoms with Crippen LogP contribution in [0.25, 0.3) is 0 Å². The largest absolute Gasteiger partial charge is 0.356 e. The van der Waals surface area contributed by atoms with Crippen molar-refractivity contribution in [2.75, 3.05) is 37.7 Å². The molecule has 7 nitrogen and oxygen atoms in total. The zero-order valence-corrected chi connectivity index (χ0v) is 17.9. The minimum Gasteiger partial charge on any atom is -0.356 e. The quantitative estimate of drug-likeness (QED) is 0.634. The highest BCUT2D eigenvalue weighted by atomic mass is 32.2. The number of aryl methyl sites for hydroxylation is 1. The van der Waals surface area contributed by atoms with Crippen molar-refractivity contribution >= 4 is 15.7 Å². The maximum Gasteiger partial charge on any atom is 0.220 e. The van der Waals surface area contributed by atoms with Crippen molar-refractivity contribution in [1.82, 2.24) is 20.0 Å². The first-order valence-electron chi connectivity index (χ1n) is 9.90. The van der Waals surface area contributed by atoms with Crippen LogP contribution in [0.5, 0.6) is 0 Å². The highest BCUT2D eigenvalue weighted by molar-refractivity contribution is 7.91. The fourth-order valence-electron chi connectivity index (χ4n) is 3.45. The number of amides is 1. The molecule has 2 heterocycles. The molecule has 154 valence electrons. The van der Waals surface area contributed by atoms with Gasteiger partial charge >= 0.3 is 0 Å². The Morgan fingerprint density at radius 1 is 1.22 bits per heavy atom. The van der Waals surface area contributed by atoms with Crippen LogP contribution in [0.2, 0.25) is 0 Å². The third-order valence-electron chi connectivity index (χ3n) is 5.08. The van der Waals surface area contributed by atoms with Gasteiger partial charge < -0.3 is 10.2 Å². The van der Waals surface area contributed by atoms with Gasteiger partial charge in [0.1, 0.15) is 0 Å². The first-order valence-corrected chi connectivity index (χ1v) is 11.7. The van der Waals surface area contributed by atoms with Gasteiger partial charge in [-0.2, -0.15) is 5.10 Å². The molecule has 1 saturated heterocycles. The summed E-state index contributed by atoms with van der Waals surface area (Å²) in [5, 5.41) is 7.58. The fourth-order valence-corrected chi connectivity index (χ4v) is 4.73. The van der Waals surface area contributed by atoms with Gasteiger partial charge in [-0.05, 0) is 44.7 Å². The summed E-state index contributed by atoms with van der Waals surface area (Å²) < 4.78 is 24.9. The van der Waals surface area contributed by atoms with Crippen LogP contribution in [0.4, 0.5) is 0 Å². The summed E-state index contributed by atoms with van der Waals surface area (Å²) >= 11 is 0. The molecule has 1 amide bonds. The van der Waals surface area contributed by atoms with Gasteiger partial charge in [0, 0.05) is 38.3 Å². The lowest BCUT2D eigenvalue weighted by atomic mass is 10.1. The summed E-state index contributed by atoms with van der Waals surface area (Å²) in [6, 6.07) is 0. The van der Waals surface area contributed by atoms with Crippen LogP contribution in [-0.2, 0) is 27.6 Å². The Balaban J connectivity index is 1.67. The second-order valence-corrected chi connectivity index (χ2v) is 10.2. The second-order valence-electron chi connectivity index (χ2n) is 7.92. The van der Waals surface area contributed by atoms with Crippen LogP contribution >= 0.6 is 0 Å². The minimum atomic E-state index is -2.82. The van der Waals surface area contributed by atoms with Crippen LogP contribution < -0.4 is 5.32 Å². The SMILES string of the molecule is Cc1nn(CC(C)C)c(C)c1CCC(=O)NCCCN1CCS(=O)(=O)CC1. The van der Waals surface area contributed by atoms with Gasteiger partial charge in [-0.15, -0.1) is 0 Å². The second kappa shape index (κ2) is 9.68. The van der Waals surface area contributed by atoms with Crippen LogP contribution in [0, 0.1) is 19.8 Å². The molecule has 1 fully saturated rings. The maximum absolute atomic E-state index is 12.1. The molecule has 2 rings (SSSR count). The number of nitrogens with one attached hydrogen (secondary N) is 1. The molecule has 0 radical (unpaired) electrons. The van der Waals surface area contributed by atoms with E-state index in [0.717, 1.165) is 30.9 Å². The van der Waals surface area contributed by atoms with Crippen molar-refractivity contribution < 1.29 is 13.2 Å². The first kappa shape index (κ1) is 21.9.